The maximum Gasteiger partial charge on any atom is 0.340 e. The van der Waals surface area contributed by atoms with Crippen molar-refractivity contribution in [3.63, 3.8) is 0 Å². The summed E-state index contributed by atoms with van der Waals surface area (Å²) in [5.74, 6) is -0.594. The molecule has 1 aliphatic carbocycles. The van der Waals surface area contributed by atoms with E-state index in [1.54, 1.807) is 14.0 Å². The van der Waals surface area contributed by atoms with E-state index < -0.39 is 5.97 Å². The van der Waals surface area contributed by atoms with Gasteiger partial charge in [-0.05, 0) is 37.2 Å². The lowest BCUT2D eigenvalue weighted by atomic mass is 9.96. The van der Waals surface area contributed by atoms with Gasteiger partial charge in [0, 0.05) is 13.5 Å². The summed E-state index contributed by atoms with van der Waals surface area (Å²) >= 11 is 1.08. The zero-order valence-electron chi connectivity index (χ0n) is 12.6. The van der Waals surface area contributed by atoms with Crippen molar-refractivity contribution in [2.75, 3.05) is 11.9 Å². The third kappa shape index (κ3) is 3.81. The summed E-state index contributed by atoms with van der Waals surface area (Å²) in [7, 11) is 1.65. The number of aryl methyl sites for hydroxylation is 1. The number of carbonyl (C=O) groups is 2. The van der Waals surface area contributed by atoms with Gasteiger partial charge in [0.05, 0.1) is 5.69 Å². The Hall–Kier alpha value is -1.43. The molecule has 5 nitrogen and oxygen atoms in total. The first-order valence-electron chi connectivity index (χ1n) is 7.46. The van der Waals surface area contributed by atoms with Gasteiger partial charge in [0.25, 0.3) is 0 Å². The first-order chi connectivity index (χ1) is 10.0. The van der Waals surface area contributed by atoms with E-state index in [0.29, 0.717) is 23.0 Å². The molecule has 21 heavy (non-hydrogen) atoms. The van der Waals surface area contributed by atoms with Crippen LogP contribution in [0, 0.1) is 12.8 Å². The molecule has 2 rings (SSSR count). The van der Waals surface area contributed by atoms with E-state index in [1.165, 1.54) is 30.6 Å². The Morgan fingerprint density at radius 3 is 2.48 bits per heavy atom. The van der Waals surface area contributed by atoms with Crippen LogP contribution in [0.5, 0.6) is 0 Å². The molecule has 0 unspecified atom stereocenters. The second kappa shape index (κ2) is 7.02. The molecule has 0 atom stereocenters. The standard InChI is InChI=1S/C15H22N2O3S/c1-10-13(15(19)20)14(21-16-10)17(2)12(18)9-11-7-5-3-4-6-8-11/h11H,3-9H2,1-2H3,(H,19,20). The molecule has 1 aromatic heterocycles. The fourth-order valence-electron chi connectivity index (χ4n) is 2.90. The molecule has 6 heteroatoms. The van der Waals surface area contributed by atoms with Crippen molar-refractivity contribution < 1.29 is 14.7 Å². The van der Waals surface area contributed by atoms with Crippen molar-refractivity contribution in [1.29, 1.82) is 0 Å². The van der Waals surface area contributed by atoms with Gasteiger partial charge in [-0.2, -0.15) is 4.37 Å². The van der Waals surface area contributed by atoms with E-state index in [0.717, 1.165) is 24.4 Å². The number of rotatable bonds is 4. The number of carboxylic acid groups (broad SMARTS) is 1. The van der Waals surface area contributed by atoms with Gasteiger partial charge in [0.15, 0.2) is 0 Å². The maximum atomic E-state index is 12.4. The molecule has 0 radical (unpaired) electrons. The predicted molar refractivity (Wildman–Crippen MR) is 83.0 cm³/mol. The highest BCUT2D eigenvalue weighted by Gasteiger charge is 2.25. The molecule has 1 N–H and O–H groups in total. The molecule has 0 aliphatic heterocycles. The summed E-state index contributed by atoms with van der Waals surface area (Å²) in [4.78, 5) is 25.2. The highest BCUT2D eigenvalue weighted by atomic mass is 32.1. The normalized spacial score (nSPS) is 16.5. The van der Waals surface area contributed by atoms with Crippen LogP contribution in [0.25, 0.3) is 0 Å². The third-order valence-electron chi connectivity index (χ3n) is 4.18. The number of hydrogen-bond donors (Lipinski definition) is 1. The van der Waals surface area contributed by atoms with Crippen molar-refractivity contribution in [3.05, 3.63) is 11.3 Å². The lowest BCUT2D eigenvalue weighted by Gasteiger charge is -2.19. The highest BCUT2D eigenvalue weighted by Crippen LogP contribution is 2.30. The molecular weight excluding hydrogens is 288 g/mol. The molecule has 1 fully saturated rings. The zero-order chi connectivity index (χ0) is 15.4. The van der Waals surface area contributed by atoms with Gasteiger partial charge in [-0.3, -0.25) is 4.79 Å². The summed E-state index contributed by atoms with van der Waals surface area (Å²) in [5.41, 5.74) is 0.619. The van der Waals surface area contributed by atoms with Crippen molar-refractivity contribution in [3.8, 4) is 0 Å². The van der Waals surface area contributed by atoms with E-state index in [1.807, 2.05) is 0 Å². The topological polar surface area (TPSA) is 70.5 Å². The maximum absolute atomic E-state index is 12.4. The number of amides is 1. The highest BCUT2D eigenvalue weighted by molar-refractivity contribution is 7.11. The first kappa shape index (κ1) is 15.9. The van der Waals surface area contributed by atoms with Crippen molar-refractivity contribution in [1.82, 2.24) is 4.37 Å². The van der Waals surface area contributed by atoms with Gasteiger partial charge in [0.2, 0.25) is 5.91 Å². The van der Waals surface area contributed by atoms with Gasteiger partial charge in [-0.15, -0.1) is 0 Å². The Labute approximate surface area is 129 Å². The minimum atomic E-state index is -1.02. The van der Waals surface area contributed by atoms with Gasteiger partial charge >= 0.3 is 5.97 Å². The average Bonchev–Trinajstić information content (AvgIpc) is 2.65. The average molecular weight is 310 g/mol. The molecule has 1 aliphatic rings. The van der Waals surface area contributed by atoms with Crippen molar-refractivity contribution in [2.24, 2.45) is 5.92 Å². The summed E-state index contributed by atoms with van der Waals surface area (Å²) < 4.78 is 4.07. The van der Waals surface area contributed by atoms with Crippen LogP contribution in [0.1, 0.15) is 61.0 Å². The summed E-state index contributed by atoms with van der Waals surface area (Å²) in [6, 6.07) is 0. The number of aromatic nitrogens is 1. The molecule has 116 valence electrons. The minimum Gasteiger partial charge on any atom is -0.478 e. The number of nitrogens with zero attached hydrogens (tertiary/aromatic N) is 2. The monoisotopic (exact) mass is 310 g/mol. The van der Waals surface area contributed by atoms with E-state index in [4.69, 9.17) is 0 Å². The summed E-state index contributed by atoms with van der Waals surface area (Å²) in [6.07, 6.45) is 7.63. The largest absolute Gasteiger partial charge is 0.478 e. The van der Waals surface area contributed by atoms with Crippen LogP contribution in [-0.2, 0) is 4.79 Å². The number of hydrogen-bond acceptors (Lipinski definition) is 4. The van der Waals surface area contributed by atoms with Crippen LogP contribution in [-0.4, -0.2) is 28.4 Å². The number of aromatic carboxylic acids is 1. The van der Waals surface area contributed by atoms with Gasteiger partial charge in [0.1, 0.15) is 10.6 Å². The Balaban J connectivity index is 2.07. The van der Waals surface area contributed by atoms with Crippen LogP contribution in [0.15, 0.2) is 0 Å². The van der Waals surface area contributed by atoms with Crippen LogP contribution < -0.4 is 4.90 Å². The fraction of sp³-hybridized carbons (Fsp3) is 0.667. The lowest BCUT2D eigenvalue weighted by Crippen LogP contribution is -2.28. The SMILES string of the molecule is Cc1nsc(N(C)C(=O)CC2CCCCCC2)c1C(=O)O. The van der Waals surface area contributed by atoms with E-state index in [2.05, 4.69) is 4.37 Å². The fourth-order valence-corrected chi connectivity index (χ4v) is 3.76. The first-order valence-corrected chi connectivity index (χ1v) is 8.24. The molecule has 1 aromatic rings. The van der Waals surface area contributed by atoms with Crippen LogP contribution in [0.2, 0.25) is 0 Å². The Bertz CT molecular complexity index is 519. The van der Waals surface area contributed by atoms with Gasteiger partial charge < -0.3 is 10.0 Å². The van der Waals surface area contributed by atoms with E-state index in [9.17, 15) is 14.7 Å². The quantitative estimate of drug-likeness (QED) is 0.864. The number of carbonyl (C=O) groups excluding carboxylic acids is 1. The third-order valence-corrected chi connectivity index (χ3v) is 5.19. The molecule has 0 saturated heterocycles. The Kier molecular flexibility index (Phi) is 5.33. The Morgan fingerprint density at radius 2 is 1.90 bits per heavy atom. The molecular formula is C15H22N2O3S. The smallest absolute Gasteiger partial charge is 0.340 e. The minimum absolute atomic E-state index is 0.00644. The zero-order valence-corrected chi connectivity index (χ0v) is 13.4. The van der Waals surface area contributed by atoms with E-state index >= 15 is 0 Å². The van der Waals surface area contributed by atoms with Gasteiger partial charge in [-0.25, -0.2) is 4.79 Å². The molecule has 1 amide bonds. The van der Waals surface area contributed by atoms with Gasteiger partial charge in [-0.1, -0.05) is 25.7 Å². The second-order valence-electron chi connectivity index (χ2n) is 5.77. The molecule has 1 heterocycles. The second-order valence-corrected chi connectivity index (χ2v) is 6.52. The molecule has 0 spiro atoms. The predicted octanol–water partition coefficient (Wildman–Crippen LogP) is 3.47. The lowest BCUT2D eigenvalue weighted by molar-refractivity contribution is -0.119. The number of anilines is 1. The molecule has 0 bridgehead atoms. The molecule has 1 saturated carbocycles. The van der Waals surface area contributed by atoms with Crippen molar-refractivity contribution >= 4 is 28.4 Å². The van der Waals surface area contributed by atoms with Crippen LogP contribution in [0.4, 0.5) is 5.00 Å². The number of carboxylic acids is 1. The molecule has 0 aromatic carbocycles. The van der Waals surface area contributed by atoms with Crippen molar-refractivity contribution in [2.45, 2.75) is 51.9 Å². The summed E-state index contributed by atoms with van der Waals surface area (Å²) in [6.45, 7) is 1.66. The van der Waals surface area contributed by atoms with E-state index in [-0.39, 0.29) is 11.5 Å². The van der Waals surface area contributed by atoms with Crippen LogP contribution in [0.3, 0.4) is 0 Å². The summed E-state index contributed by atoms with van der Waals surface area (Å²) in [5, 5.41) is 9.70. The Morgan fingerprint density at radius 1 is 1.29 bits per heavy atom. The van der Waals surface area contributed by atoms with Crippen LogP contribution >= 0.6 is 11.5 Å².